The lowest BCUT2D eigenvalue weighted by Gasteiger charge is -2.04. The summed E-state index contributed by atoms with van der Waals surface area (Å²) in [5, 5.41) is 8.83. The molecule has 1 aliphatic carbocycles. The van der Waals surface area contributed by atoms with E-state index in [1.807, 2.05) is 30.3 Å². The van der Waals surface area contributed by atoms with E-state index in [4.69, 9.17) is 5.11 Å². The smallest absolute Gasteiger partial charge is 0.335 e. The summed E-state index contributed by atoms with van der Waals surface area (Å²) >= 11 is 0. The zero-order chi connectivity index (χ0) is 10.1. The zero-order valence-electron chi connectivity index (χ0n) is 7.66. The summed E-state index contributed by atoms with van der Waals surface area (Å²) in [6.45, 7) is 3.57. The lowest BCUT2D eigenvalue weighted by Crippen LogP contribution is -2.00. The Morgan fingerprint density at radius 3 is 2.79 bits per heavy atom. The Balaban J connectivity index is 2.43. The molecule has 70 valence electrons. The minimum atomic E-state index is -0.951. The van der Waals surface area contributed by atoms with Crippen molar-refractivity contribution in [1.29, 1.82) is 0 Å². The van der Waals surface area contributed by atoms with Crippen molar-refractivity contribution >= 4 is 11.5 Å². The molecule has 0 fully saturated rings. The second-order valence-electron chi connectivity index (χ2n) is 3.26. The summed E-state index contributed by atoms with van der Waals surface area (Å²) in [5.74, 6) is -0.951. The predicted molar refractivity (Wildman–Crippen MR) is 54.9 cm³/mol. The van der Waals surface area contributed by atoms with Crippen molar-refractivity contribution in [2.24, 2.45) is 0 Å². The summed E-state index contributed by atoms with van der Waals surface area (Å²) in [7, 11) is 0. The number of carboxylic acid groups (broad SMARTS) is 1. The van der Waals surface area contributed by atoms with Crippen molar-refractivity contribution in [2.75, 3.05) is 0 Å². The molecule has 0 atom stereocenters. The average Bonchev–Trinajstić information content (AvgIpc) is 2.60. The molecule has 1 aromatic rings. The number of fused-ring (bicyclic) bond motifs is 1. The number of hydrogen-bond acceptors (Lipinski definition) is 1. The Morgan fingerprint density at radius 2 is 2.07 bits per heavy atom. The van der Waals surface area contributed by atoms with Gasteiger partial charge in [0.15, 0.2) is 0 Å². The van der Waals surface area contributed by atoms with E-state index >= 15 is 0 Å². The van der Waals surface area contributed by atoms with E-state index in [1.165, 1.54) is 5.56 Å². The molecule has 1 N–H and O–H groups in total. The molecular formula is C12H10O2. The van der Waals surface area contributed by atoms with Crippen LogP contribution in [0.4, 0.5) is 0 Å². The molecule has 0 aliphatic heterocycles. The Morgan fingerprint density at radius 1 is 1.36 bits per heavy atom. The lowest BCUT2D eigenvalue weighted by atomic mass is 10.0. The van der Waals surface area contributed by atoms with Crippen LogP contribution in [0.25, 0.3) is 5.57 Å². The minimum absolute atomic E-state index is 0.176. The van der Waals surface area contributed by atoms with Crippen LogP contribution in [0.15, 0.2) is 42.5 Å². The van der Waals surface area contributed by atoms with Crippen LogP contribution in [0.2, 0.25) is 0 Å². The van der Waals surface area contributed by atoms with Gasteiger partial charge in [0.2, 0.25) is 0 Å². The molecule has 0 saturated carbocycles. The van der Waals surface area contributed by atoms with Gasteiger partial charge < -0.3 is 5.11 Å². The van der Waals surface area contributed by atoms with Crippen LogP contribution in [-0.2, 0) is 11.2 Å². The Hall–Kier alpha value is -1.83. The third-order valence-corrected chi connectivity index (χ3v) is 2.42. The van der Waals surface area contributed by atoms with Gasteiger partial charge in [0, 0.05) is 0 Å². The number of carbonyl (C=O) groups is 1. The molecule has 14 heavy (non-hydrogen) atoms. The van der Waals surface area contributed by atoms with Crippen LogP contribution in [-0.4, -0.2) is 11.1 Å². The van der Waals surface area contributed by atoms with Crippen molar-refractivity contribution in [3.05, 3.63) is 53.6 Å². The van der Waals surface area contributed by atoms with Crippen LogP contribution in [0.5, 0.6) is 0 Å². The van der Waals surface area contributed by atoms with Gasteiger partial charge in [0.1, 0.15) is 0 Å². The first-order valence-electron chi connectivity index (χ1n) is 4.41. The van der Waals surface area contributed by atoms with Crippen LogP contribution >= 0.6 is 0 Å². The van der Waals surface area contributed by atoms with Crippen LogP contribution in [0.1, 0.15) is 11.1 Å². The van der Waals surface area contributed by atoms with Gasteiger partial charge in [0.05, 0.1) is 5.57 Å². The third kappa shape index (κ3) is 1.25. The van der Waals surface area contributed by atoms with E-state index in [-0.39, 0.29) is 5.57 Å². The second-order valence-corrected chi connectivity index (χ2v) is 3.26. The normalized spacial score (nSPS) is 13.3. The molecule has 1 aromatic carbocycles. The van der Waals surface area contributed by atoms with Gasteiger partial charge in [-0.2, -0.15) is 0 Å². The van der Waals surface area contributed by atoms with Crippen LogP contribution < -0.4 is 0 Å². The van der Waals surface area contributed by atoms with Gasteiger partial charge in [0.25, 0.3) is 0 Å². The molecule has 0 amide bonds. The minimum Gasteiger partial charge on any atom is -0.478 e. The fourth-order valence-electron chi connectivity index (χ4n) is 1.68. The quantitative estimate of drug-likeness (QED) is 0.719. The Labute approximate surface area is 82.2 Å². The van der Waals surface area contributed by atoms with Gasteiger partial charge in [-0.05, 0) is 23.1 Å². The van der Waals surface area contributed by atoms with E-state index in [1.54, 1.807) is 0 Å². The van der Waals surface area contributed by atoms with E-state index in [0.717, 1.165) is 17.6 Å². The van der Waals surface area contributed by atoms with Gasteiger partial charge in [-0.25, -0.2) is 4.79 Å². The van der Waals surface area contributed by atoms with Crippen molar-refractivity contribution in [3.63, 3.8) is 0 Å². The number of aliphatic carboxylic acids is 1. The maximum absolute atomic E-state index is 10.8. The number of rotatable bonds is 2. The molecule has 0 unspecified atom stereocenters. The summed E-state index contributed by atoms with van der Waals surface area (Å²) in [6.07, 6.45) is 2.72. The predicted octanol–water partition coefficient (Wildman–Crippen LogP) is 2.27. The molecule has 2 heteroatoms. The molecule has 0 saturated heterocycles. The van der Waals surface area contributed by atoms with E-state index < -0.39 is 5.97 Å². The molecule has 0 aromatic heterocycles. The third-order valence-electron chi connectivity index (χ3n) is 2.42. The van der Waals surface area contributed by atoms with E-state index in [0.29, 0.717) is 0 Å². The number of benzene rings is 1. The second kappa shape index (κ2) is 3.14. The van der Waals surface area contributed by atoms with E-state index in [2.05, 4.69) is 6.58 Å². The van der Waals surface area contributed by atoms with Crippen molar-refractivity contribution in [1.82, 2.24) is 0 Å². The molecular weight excluding hydrogens is 176 g/mol. The highest BCUT2D eigenvalue weighted by atomic mass is 16.4. The highest BCUT2D eigenvalue weighted by molar-refractivity contribution is 6.06. The molecule has 0 radical (unpaired) electrons. The zero-order valence-corrected chi connectivity index (χ0v) is 7.66. The summed E-state index contributed by atoms with van der Waals surface area (Å²) in [6, 6.07) is 7.81. The number of carboxylic acids is 1. The maximum atomic E-state index is 10.8. The van der Waals surface area contributed by atoms with Gasteiger partial charge >= 0.3 is 5.97 Å². The van der Waals surface area contributed by atoms with Gasteiger partial charge in [-0.1, -0.05) is 36.9 Å². The summed E-state index contributed by atoms with van der Waals surface area (Å²) < 4.78 is 0. The monoisotopic (exact) mass is 186 g/mol. The summed E-state index contributed by atoms with van der Waals surface area (Å²) in [4.78, 5) is 10.8. The standard InChI is InChI=1S/C12H10O2/c1-8(12(13)14)10-7-6-9-4-2-3-5-11(9)10/h2-5,7H,1,6H2,(H,13,14). The molecule has 0 spiro atoms. The molecule has 2 rings (SSSR count). The summed E-state index contributed by atoms with van der Waals surface area (Å²) in [5.41, 5.74) is 3.10. The number of allylic oxidation sites excluding steroid dienone is 1. The highest BCUT2D eigenvalue weighted by Gasteiger charge is 2.18. The Bertz CT molecular complexity index is 441. The fraction of sp³-hybridized carbons (Fsp3) is 0.0833. The van der Waals surface area contributed by atoms with Crippen molar-refractivity contribution < 1.29 is 9.90 Å². The molecule has 2 nitrogen and oxygen atoms in total. The lowest BCUT2D eigenvalue weighted by molar-refractivity contribution is -0.132. The van der Waals surface area contributed by atoms with Crippen LogP contribution in [0.3, 0.4) is 0 Å². The van der Waals surface area contributed by atoms with Gasteiger partial charge in [-0.15, -0.1) is 0 Å². The molecule has 1 aliphatic rings. The maximum Gasteiger partial charge on any atom is 0.335 e. The largest absolute Gasteiger partial charge is 0.478 e. The van der Waals surface area contributed by atoms with Crippen molar-refractivity contribution in [2.45, 2.75) is 6.42 Å². The van der Waals surface area contributed by atoms with Crippen molar-refractivity contribution in [3.8, 4) is 0 Å². The number of hydrogen-bond donors (Lipinski definition) is 1. The average molecular weight is 186 g/mol. The first-order valence-corrected chi connectivity index (χ1v) is 4.41. The molecule has 0 heterocycles. The SMILES string of the molecule is C=C(C(=O)O)C1=CCc2ccccc21. The first kappa shape index (κ1) is 8.75. The first-order chi connectivity index (χ1) is 6.70. The Kier molecular flexibility index (Phi) is 1.97. The topological polar surface area (TPSA) is 37.3 Å². The molecule has 0 bridgehead atoms. The highest BCUT2D eigenvalue weighted by Crippen LogP contribution is 2.31. The van der Waals surface area contributed by atoms with E-state index in [9.17, 15) is 4.79 Å². The fourth-order valence-corrected chi connectivity index (χ4v) is 1.68. The van der Waals surface area contributed by atoms with Crippen LogP contribution in [0, 0.1) is 0 Å². The van der Waals surface area contributed by atoms with Gasteiger partial charge in [-0.3, -0.25) is 0 Å².